The van der Waals surface area contributed by atoms with E-state index >= 15 is 0 Å². The van der Waals surface area contributed by atoms with Crippen LogP contribution in [0.25, 0.3) is 0 Å². The highest BCUT2D eigenvalue weighted by Crippen LogP contribution is 2.28. The molecule has 0 atom stereocenters. The van der Waals surface area contributed by atoms with Crippen molar-refractivity contribution in [3.63, 3.8) is 0 Å². The maximum Gasteiger partial charge on any atom is 0.0184 e. The summed E-state index contributed by atoms with van der Waals surface area (Å²) < 4.78 is 0. The highest BCUT2D eigenvalue weighted by molar-refractivity contribution is 7.98. The predicted molar refractivity (Wildman–Crippen MR) is 83.0 cm³/mol. The van der Waals surface area contributed by atoms with Gasteiger partial charge in [-0.25, -0.2) is 0 Å². The highest BCUT2D eigenvalue weighted by atomic mass is 32.2. The Morgan fingerprint density at radius 3 is 2.50 bits per heavy atom. The van der Waals surface area contributed by atoms with E-state index in [1.54, 1.807) is 0 Å². The summed E-state index contributed by atoms with van der Waals surface area (Å²) >= 11 is 2.09. The average Bonchev–Trinajstić information content (AvgIpc) is 2.45. The van der Waals surface area contributed by atoms with Gasteiger partial charge in [0, 0.05) is 5.75 Å². The SMILES string of the molecule is c1ccc(CSCCCCC2CCCCC2)cc1. The van der Waals surface area contributed by atoms with Gasteiger partial charge in [-0.05, 0) is 23.7 Å². The Bertz CT molecular complexity index is 301. The Morgan fingerprint density at radius 1 is 0.944 bits per heavy atom. The summed E-state index contributed by atoms with van der Waals surface area (Å²) in [5, 5.41) is 0. The van der Waals surface area contributed by atoms with E-state index in [4.69, 9.17) is 0 Å². The van der Waals surface area contributed by atoms with Crippen molar-refractivity contribution >= 4 is 11.8 Å². The van der Waals surface area contributed by atoms with Crippen LogP contribution in [-0.4, -0.2) is 5.75 Å². The molecule has 0 nitrogen and oxygen atoms in total. The molecule has 18 heavy (non-hydrogen) atoms. The molecule has 1 aliphatic carbocycles. The van der Waals surface area contributed by atoms with Gasteiger partial charge < -0.3 is 0 Å². The Balaban J connectivity index is 1.46. The highest BCUT2D eigenvalue weighted by Gasteiger charge is 2.12. The molecule has 1 fully saturated rings. The Kier molecular flexibility index (Phi) is 6.71. The number of benzene rings is 1. The van der Waals surface area contributed by atoms with Crippen molar-refractivity contribution in [3.05, 3.63) is 35.9 Å². The van der Waals surface area contributed by atoms with E-state index in [0.29, 0.717) is 0 Å². The maximum atomic E-state index is 2.23. The summed E-state index contributed by atoms with van der Waals surface area (Å²) in [5.74, 6) is 3.59. The minimum atomic E-state index is 1.07. The van der Waals surface area contributed by atoms with Gasteiger partial charge in [-0.1, -0.05) is 75.3 Å². The minimum Gasteiger partial charge on any atom is -0.157 e. The molecule has 100 valence electrons. The zero-order chi connectivity index (χ0) is 12.5. The van der Waals surface area contributed by atoms with Crippen LogP contribution in [0.15, 0.2) is 30.3 Å². The molecule has 1 aliphatic rings. The van der Waals surface area contributed by atoms with Crippen LogP contribution in [0.3, 0.4) is 0 Å². The lowest BCUT2D eigenvalue weighted by atomic mass is 9.86. The lowest BCUT2D eigenvalue weighted by molar-refractivity contribution is 0.332. The van der Waals surface area contributed by atoms with Crippen LogP contribution in [0.4, 0.5) is 0 Å². The van der Waals surface area contributed by atoms with Crippen LogP contribution in [0.1, 0.15) is 56.9 Å². The first kappa shape index (κ1) is 14.0. The monoisotopic (exact) mass is 262 g/mol. The van der Waals surface area contributed by atoms with Crippen molar-refractivity contribution in [3.8, 4) is 0 Å². The van der Waals surface area contributed by atoms with Gasteiger partial charge >= 0.3 is 0 Å². The summed E-state index contributed by atoms with van der Waals surface area (Å²) in [6.07, 6.45) is 11.9. The second-order valence-electron chi connectivity index (χ2n) is 5.54. The van der Waals surface area contributed by atoms with Crippen LogP contribution in [0.5, 0.6) is 0 Å². The molecule has 0 aromatic heterocycles. The molecule has 0 radical (unpaired) electrons. The van der Waals surface area contributed by atoms with Crippen molar-refractivity contribution in [2.75, 3.05) is 5.75 Å². The van der Waals surface area contributed by atoms with Gasteiger partial charge in [0.15, 0.2) is 0 Å². The number of hydrogen-bond acceptors (Lipinski definition) is 1. The topological polar surface area (TPSA) is 0 Å². The first-order valence-corrected chi connectivity index (χ1v) is 8.72. The number of unbranched alkanes of at least 4 members (excludes halogenated alkanes) is 1. The van der Waals surface area contributed by atoms with Gasteiger partial charge in [-0.2, -0.15) is 11.8 Å². The van der Waals surface area contributed by atoms with E-state index in [-0.39, 0.29) is 0 Å². The van der Waals surface area contributed by atoms with Crippen molar-refractivity contribution in [1.29, 1.82) is 0 Å². The molecule has 0 unspecified atom stereocenters. The lowest BCUT2D eigenvalue weighted by Gasteiger charge is -2.21. The quantitative estimate of drug-likeness (QED) is 0.570. The Labute approximate surface area is 117 Å². The summed E-state index contributed by atoms with van der Waals surface area (Å²) in [6.45, 7) is 0. The van der Waals surface area contributed by atoms with E-state index in [1.807, 2.05) is 0 Å². The van der Waals surface area contributed by atoms with Gasteiger partial charge in [0.2, 0.25) is 0 Å². The summed E-state index contributed by atoms with van der Waals surface area (Å²) in [4.78, 5) is 0. The zero-order valence-electron chi connectivity index (χ0n) is 11.4. The van der Waals surface area contributed by atoms with Crippen molar-refractivity contribution < 1.29 is 0 Å². The molecule has 0 amide bonds. The van der Waals surface area contributed by atoms with E-state index in [1.165, 1.54) is 68.4 Å². The normalized spacial score (nSPS) is 16.9. The molecule has 1 heteroatoms. The molecule has 1 saturated carbocycles. The molecule has 1 aromatic rings. The largest absolute Gasteiger partial charge is 0.157 e. The Hall–Kier alpha value is -0.430. The minimum absolute atomic E-state index is 1.07. The van der Waals surface area contributed by atoms with Crippen LogP contribution < -0.4 is 0 Å². The average molecular weight is 262 g/mol. The van der Waals surface area contributed by atoms with Crippen LogP contribution >= 0.6 is 11.8 Å². The molecular weight excluding hydrogens is 236 g/mol. The molecule has 0 saturated heterocycles. The molecule has 0 aliphatic heterocycles. The summed E-state index contributed by atoms with van der Waals surface area (Å²) in [7, 11) is 0. The second kappa shape index (κ2) is 8.63. The van der Waals surface area contributed by atoms with Gasteiger partial charge in [0.1, 0.15) is 0 Å². The summed E-state index contributed by atoms with van der Waals surface area (Å²) in [6, 6.07) is 10.8. The first-order chi connectivity index (χ1) is 8.95. The van der Waals surface area contributed by atoms with Crippen molar-refractivity contribution in [1.82, 2.24) is 0 Å². The third kappa shape index (κ3) is 5.48. The van der Waals surface area contributed by atoms with Crippen LogP contribution in [0, 0.1) is 5.92 Å². The summed E-state index contributed by atoms with van der Waals surface area (Å²) in [5.41, 5.74) is 1.47. The zero-order valence-corrected chi connectivity index (χ0v) is 12.3. The predicted octanol–water partition coefficient (Wildman–Crippen LogP) is 5.67. The lowest BCUT2D eigenvalue weighted by Crippen LogP contribution is -2.05. The molecule has 0 spiro atoms. The molecule has 0 N–H and O–H groups in total. The standard InChI is InChI=1S/C17H26S/c1-3-9-16(10-4-1)11-7-8-14-18-15-17-12-5-2-6-13-17/h2,5-6,12-13,16H,1,3-4,7-11,14-15H2. The molecular formula is C17H26S. The third-order valence-electron chi connectivity index (χ3n) is 3.99. The van der Waals surface area contributed by atoms with Gasteiger partial charge in [0.25, 0.3) is 0 Å². The van der Waals surface area contributed by atoms with Gasteiger partial charge in [0.05, 0.1) is 0 Å². The van der Waals surface area contributed by atoms with Crippen LogP contribution in [-0.2, 0) is 5.75 Å². The number of rotatable bonds is 7. The molecule has 1 aromatic carbocycles. The molecule has 0 bridgehead atoms. The fraction of sp³-hybridized carbons (Fsp3) is 0.647. The fourth-order valence-electron chi connectivity index (χ4n) is 2.88. The van der Waals surface area contributed by atoms with Crippen LogP contribution in [0.2, 0.25) is 0 Å². The van der Waals surface area contributed by atoms with Crippen molar-refractivity contribution in [2.24, 2.45) is 5.92 Å². The van der Waals surface area contributed by atoms with E-state index in [9.17, 15) is 0 Å². The number of hydrogen-bond donors (Lipinski definition) is 0. The second-order valence-corrected chi connectivity index (χ2v) is 6.64. The fourth-order valence-corrected chi connectivity index (χ4v) is 3.86. The number of thioether (sulfide) groups is 1. The molecule has 2 rings (SSSR count). The van der Waals surface area contributed by atoms with Crippen molar-refractivity contribution in [2.45, 2.75) is 57.1 Å². The van der Waals surface area contributed by atoms with Gasteiger partial charge in [-0.15, -0.1) is 0 Å². The van der Waals surface area contributed by atoms with E-state index in [0.717, 1.165) is 5.92 Å². The Morgan fingerprint density at radius 2 is 1.72 bits per heavy atom. The smallest absolute Gasteiger partial charge is 0.0184 e. The first-order valence-electron chi connectivity index (χ1n) is 7.57. The van der Waals surface area contributed by atoms with E-state index in [2.05, 4.69) is 42.1 Å². The maximum absolute atomic E-state index is 2.23. The van der Waals surface area contributed by atoms with E-state index < -0.39 is 0 Å². The molecule has 0 heterocycles. The van der Waals surface area contributed by atoms with Gasteiger partial charge in [-0.3, -0.25) is 0 Å². The third-order valence-corrected chi connectivity index (χ3v) is 5.10.